The minimum Gasteiger partial charge on any atom is -0.494 e. The minimum absolute atomic E-state index is 0.226. The number of carbonyl (C=O) groups is 1. The van der Waals surface area contributed by atoms with E-state index in [1.807, 2.05) is 6.92 Å². The summed E-state index contributed by atoms with van der Waals surface area (Å²) in [6, 6.07) is 10.8. The number of amides is 1. The monoisotopic (exact) mass is 394 g/mol. The molecule has 1 atom stereocenters. The Labute approximate surface area is 159 Å². The zero-order valence-corrected chi connectivity index (χ0v) is 16.3. The van der Waals surface area contributed by atoms with Gasteiger partial charge in [-0.15, -0.1) is 0 Å². The molecule has 2 rings (SSSR count). The van der Waals surface area contributed by atoms with Crippen LogP contribution < -0.4 is 14.4 Å². The van der Waals surface area contributed by atoms with Crippen LogP contribution in [0.2, 0.25) is 0 Å². The lowest BCUT2D eigenvalue weighted by molar-refractivity contribution is -0.117. The normalized spacial score (nSPS) is 12.3. The molecule has 0 aliphatic rings. The second kappa shape index (κ2) is 8.85. The Bertz CT molecular complexity index is 885. The van der Waals surface area contributed by atoms with Gasteiger partial charge < -0.3 is 10.1 Å². The van der Waals surface area contributed by atoms with E-state index >= 15 is 0 Å². The van der Waals surface area contributed by atoms with Gasteiger partial charge >= 0.3 is 0 Å². The topological polar surface area (TPSA) is 75.7 Å². The average Bonchev–Trinajstić information content (AvgIpc) is 2.60. The number of nitrogens with zero attached hydrogens (tertiary/aromatic N) is 1. The number of halogens is 1. The van der Waals surface area contributed by atoms with Gasteiger partial charge in [-0.2, -0.15) is 0 Å². The number of hydrogen-bond donors (Lipinski definition) is 1. The fraction of sp³-hybridized carbons (Fsp3) is 0.316. The summed E-state index contributed by atoms with van der Waals surface area (Å²) in [5.41, 5.74) is 0.723. The molecule has 0 aliphatic carbocycles. The molecule has 2 aromatic rings. The number of carbonyl (C=O) groups excluding carboxylic acids is 1. The molecule has 0 heterocycles. The van der Waals surface area contributed by atoms with E-state index in [-0.39, 0.29) is 12.1 Å². The van der Waals surface area contributed by atoms with Gasteiger partial charge in [0, 0.05) is 11.8 Å². The van der Waals surface area contributed by atoms with Crippen molar-refractivity contribution in [3.05, 3.63) is 54.3 Å². The maximum Gasteiger partial charge on any atom is 0.248 e. The van der Waals surface area contributed by atoms with Crippen molar-refractivity contribution in [1.82, 2.24) is 0 Å². The summed E-state index contributed by atoms with van der Waals surface area (Å²) in [4.78, 5) is 12.8. The lowest BCUT2D eigenvalue weighted by Gasteiger charge is -2.30. The van der Waals surface area contributed by atoms with Crippen LogP contribution in [0.25, 0.3) is 0 Å². The quantitative estimate of drug-likeness (QED) is 0.745. The summed E-state index contributed by atoms with van der Waals surface area (Å²) in [5, 5.41) is 2.73. The van der Waals surface area contributed by atoms with Crippen molar-refractivity contribution < 1.29 is 22.3 Å². The van der Waals surface area contributed by atoms with Gasteiger partial charge in [0.05, 0.1) is 18.6 Å². The van der Waals surface area contributed by atoms with Gasteiger partial charge in [0.25, 0.3) is 0 Å². The number of hydrogen-bond acceptors (Lipinski definition) is 4. The van der Waals surface area contributed by atoms with E-state index in [4.69, 9.17) is 4.74 Å². The van der Waals surface area contributed by atoms with Crippen LogP contribution in [0.15, 0.2) is 48.5 Å². The van der Waals surface area contributed by atoms with Gasteiger partial charge in [-0.25, -0.2) is 12.8 Å². The fourth-order valence-corrected chi connectivity index (χ4v) is 3.92. The van der Waals surface area contributed by atoms with E-state index in [1.165, 1.54) is 12.1 Å². The first kappa shape index (κ1) is 20.7. The van der Waals surface area contributed by atoms with Crippen molar-refractivity contribution in [1.29, 1.82) is 0 Å². The maximum atomic E-state index is 13.2. The van der Waals surface area contributed by atoms with Crippen LogP contribution in [0.1, 0.15) is 20.3 Å². The first-order valence-electron chi connectivity index (χ1n) is 8.55. The Morgan fingerprint density at radius 2 is 1.85 bits per heavy atom. The Kier molecular flexibility index (Phi) is 6.79. The molecule has 0 radical (unpaired) electrons. The standard InChI is InChI=1S/C19H23FN2O4S/c1-4-18(19(23)21-15-7-6-8-17(13-15)26-5-2)22(27(3,24)25)16-11-9-14(20)10-12-16/h6-13,18H,4-5H2,1-3H3,(H,21,23). The van der Waals surface area contributed by atoms with Gasteiger partial charge in [0.1, 0.15) is 17.6 Å². The molecule has 146 valence electrons. The number of anilines is 2. The third-order valence-corrected chi connectivity index (χ3v) is 5.00. The molecular formula is C19H23FN2O4S. The van der Waals surface area contributed by atoms with Crippen LogP contribution in [0.3, 0.4) is 0 Å². The number of rotatable bonds is 8. The molecule has 0 saturated carbocycles. The van der Waals surface area contributed by atoms with Gasteiger partial charge in [-0.05, 0) is 49.7 Å². The van der Waals surface area contributed by atoms with Crippen LogP contribution in [0, 0.1) is 5.82 Å². The average molecular weight is 394 g/mol. The number of sulfonamides is 1. The van der Waals surface area contributed by atoms with Crippen molar-refractivity contribution >= 4 is 27.3 Å². The predicted octanol–water partition coefficient (Wildman–Crippen LogP) is 3.41. The molecule has 8 heteroatoms. The summed E-state index contributed by atoms with van der Waals surface area (Å²) < 4.78 is 44.3. The lowest BCUT2D eigenvalue weighted by Crippen LogP contribution is -2.47. The van der Waals surface area contributed by atoms with Crippen molar-refractivity contribution in [2.75, 3.05) is 22.5 Å². The van der Waals surface area contributed by atoms with E-state index in [0.29, 0.717) is 18.0 Å². The Balaban J connectivity index is 2.32. The molecule has 1 unspecified atom stereocenters. The minimum atomic E-state index is -3.77. The maximum absolute atomic E-state index is 13.2. The van der Waals surface area contributed by atoms with Gasteiger partial charge in [-0.3, -0.25) is 9.10 Å². The second-order valence-electron chi connectivity index (χ2n) is 5.91. The summed E-state index contributed by atoms with van der Waals surface area (Å²) in [6.07, 6.45) is 1.25. The summed E-state index contributed by atoms with van der Waals surface area (Å²) in [6.45, 7) is 4.05. The zero-order valence-electron chi connectivity index (χ0n) is 15.5. The van der Waals surface area contributed by atoms with Crippen molar-refractivity contribution in [2.45, 2.75) is 26.3 Å². The summed E-state index contributed by atoms with van der Waals surface area (Å²) >= 11 is 0. The van der Waals surface area contributed by atoms with Gasteiger partial charge in [0.15, 0.2) is 0 Å². The highest BCUT2D eigenvalue weighted by molar-refractivity contribution is 7.92. The fourth-order valence-electron chi connectivity index (χ4n) is 2.70. The number of nitrogens with one attached hydrogen (secondary N) is 1. The molecule has 0 bridgehead atoms. The van der Waals surface area contributed by atoms with Gasteiger partial charge in [-0.1, -0.05) is 13.0 Å². The largest absolute Gasteiger partial charge is 0.494 e. The molecule has 27 heavy (non-hydrogen) atoms. The Morgan fingerprint density at radius 1 is 1.19 bits per heavy atom. The van der Waals surface area contributed by atoms with E-state index < -0.39 is 27.8 Å². The Hall–Kier alpha value is -2.61. The molecule has 0 aromatic heterocycles. The van der Waals surface area contributed by atoms with Crippen molar-refractivity contribution in [3.63, 3.8) is 0 Å². The molecular weight excluding hydrogens is 371 g/mol. The van der Waals surface area contributed by atoms with Crippen molar-refractivity contribution in [2.24, 2.45) is 0 Å². The van der Waals surface area contributed by atoms with E-state index in [1.54, 1.807) is 31.2 Å². The molecule has 0 spiro atoms. The summed E-state index contributed by atoms with van der Waals surface area (Å²) in [7, 11) is -3.77. The highest BCUT2D eigenvalue weighted by atomic mass is 32.2. The first-order chi connectivity index (χ1) is 12.8. The van der Waals surface area contributed by atoms with Crippen LogP contribution in [-0.4, -0.2) is 33.2 Å². The molecule has 0 fully saturated rings. The summed E-state index contributed by atoms with van der Waals surface area (Å²) in [5.74, 6) is -0.375. The smallest absolute Gasteiger partial charge is 0.248 e. The third-order valence-electron chi connectivity index (χ3n) is 3.82. The lowest BCUT2D eigenvalue weighted by atomic mass is 10.1. The zero-order chi connectivity index (χ0) is 20.0. The SMILES string of the molecule is CCOc1cccc(NC(=O)C(CC)N(c2ccc(F)cc2)S(C)(=O)=O)c1. The predicted molar refractivity (Wildman–Crippen MR) is 104 cm³/mol. The van der Waals surface area contributed by atoms with Crippen LogP contribution in [0.4, 0.5) is 15.8 Å². The van der Waals surface area contributed by atoms with Crippen molar-refractivity contribution in [3.8, 4) is 5.75 Å². The highest BCUT2D eigenvalue weighted by Gasteiger charge is 2.31. The molecule has 0 aliphatic heterocycles. The van der Waals surface area contributed by atoms with E-state index in [0.717, 1.165) is 22.7 Å². The molecule has 2 aromatic carbocycles. The third kappa shape index (κ3) is 5.43. The van der Waals surface area contributed by atoms with Crippen LogP contribution in [0.5, 0.6) is 5.75 Å². The molecule has 1 amide bonds. The highest BCUT2D eigenvalue weighted by Crippen LogP contribution is 2.24. The van der Waals surface area contributed by atoms with E-state index in [2.05, 4.69) is 5.32 Å². The van der Waals surface area contributed by atoms with E-state index in [9.17, 15) is 17.6 Å². The second-order valence-corrected chi connectivity index (χ2v) is 7.77. The van der Waals surface area contributed by atoms with Crippen LogP contribution in [-0.2, 0) is 14.8 Å². The number of benzene rings is 2. The molecule has 6 nitrogen and oxygen atoms in total. The molecule has 0 saturated heterocycles. The van der Waals surface area contributed by atoms with Crippen LogP contribution >= 0.6 is 0 Å². The number of ether oxygens (including phenoxy) is 1. The first-order valence-corrected chi connectivity index (χ1v) is 10.4. The van der Waals surface area contributed by atoms with Gasteiger partial charge in [0.2, 0.25) is 15.9 Å². The Morgan fingerprint density at radius 3 is 2.41 bits per heavy atom. The molecule has 1 N–H and O–H groups in total.